The molecule has 0 bridgehead atoms. The highest BCUT2D eigenvalue weighted by Crippen LogP contribution is 2.40. The van der Waals surface area contributed by atoms with E-state index in [4.69, 9.17) is 9.47 Å². The number of phenolic OH excluding ortho intramolecular Hbond substituents is 1. The van der Waals surface area contributed by atoms with Gasteiger partial charge in [0.2, 0.25) is 5.16 Å². The van der Waals surface area contributed by atoms with E-state index < -0.39 is 6.29 Å². The number of aliphatic hydroxyl groups excluding tert-OH is 1. The molecule has 2 heterocycles. The van der Waals surface area contributed by atoms with Crippen molar-refractivity contribution in [1.29, 1.82) is 0 Å². The Morgan fingerprint density at radius 2 is 1.71 bits per heavy atom. The monoisotopic (exact) mass is 624 g/mol. The first-order valence-electron chi connectivity index (χ1n) is 14.4. The number of amides is 2. The third-order valence-corrected chi connectivity index (χ3v) is 8.31. The molecule has 6 rings (SSSR count). The number of aromatic hydroxyl groups is 1. The molecule has 0 spiro atoms. The molecule has 0 saturated carbocycles. The van der Waals surface area contributed by atoms with E-state index >= 15 is 0 Å². The highest BCUT2D eigenvalue weighted by atomic mass is 32.2. The van der Waals surface area contributed by atoms with E-state index in [1.807, 2.05) is 78.9 Å². The van der Waals surface area contributed by atoms with Gasteiger partial charge in [-0.3, -0.25) is 0 Å². The van der Waals surface area contributed by atoms with Gasteiger partial charge in [-0.1, -0.05) is 78.5 Å². The maximum atomic E-state index is 12.6. The van der Waals surface area contributed by atoms with Gasteiger partial charge in [-0.2, -0.15) is 4.68 Å². The van der Waals surface area contributed by atoms with Gasteiger partial charge in [-0.05, 0) is 63.5 Å². The second-order valence-electron chi connectivity index (χ2n) is 10.5. The van der Waals surface area contributed by atoms with Gasteiger partial charge in [0.15, 0.2) is 6.29 Å². The Balaban J connectivity index is 1.17. The molecule has 0 radical (unpaired) electrons. The minimum atomic E-state index is -0.700. The minimum absolute atomic E-state index is 0.0364. The Hall–Kier alpha value is -4.75. The molecule has 45 heavy (non-hydrogen) atoms. The number of urea groups is 1. The molecule has 5 aromatic rings. The number of tetrazole rings is 1. The van der Waals surface area contributed by atoms with Crippen molar-refractivity contribution in [2.75, 3.05) is 11.1 Å². The second kappa shape index (κ2) is 14.4. The van der Waals surface area contributed by atoms with Crippen LogP contribution in [-0.2, 0) is 22.6 Å². The summed E-state index contributed by atoms with van der Waals surface area (Å²) in [7, 11) is 0. The molecule has 2 amide bonds. The Kier molecular flexibility index (Phi) is 9.66. The van der Waals surface area contributed by atoms with E-state index in [2.05, 4.69) is 26.2 Å². The van der Waals surface area contributed by atoms with E-state index in [1.54, 1.807) is 28.9 Å². The van der Waals surface area contributed by atoms with Crippen molar-refractivity contribution in [2.45, 2.75) is 43.2 Å². The number of nitrogens with one attached hydrogen (secondary N) is 2. The largest absolute Gasteiger partial charge is 0.508 e. The van der Waals surface area contributed by atoms with Crippen LogP contribution in [0.4, 0.5) is 10.5 Å². The van der Waals surface area contributed by atoms with Gasteiger partial charge in [0.25, 0.3) is 0 Å². The van der Waals surface area contributed by atoms with Gasteiger partial charge in [0.1, 0.15) is 5.75 Å². The Morgan fingerprint density at radius 3 is 2.49 bits per heavy atom. The summed E-state index contributed by atoms with van der Waals surface area (Å²) in [6.45, 7) is 0.374. The van der Waals surface area contributed by atoms with Crippen LogP contribution in [0.5, 0.6) is 5.75 Å². The first kappa shape index (κ1) is 30.3. The quantitative estimate of drug-likeness (QED) is 0.148. The van der Waals surface area contributed by atoms with Crippen molar-refractivity contribution in [3.05, 3.63) is 125 Å². The summed E-state index contributed by atoms with van der Waals surface area (Å²) in [5.41, 5.74) is 4.89. The average molecular weight is 625 g/mol. The molecule has 1 fully saturated rings. The number of phenols is 1. The third-order valence-electron chi connectivity index (χ3n) is 7.26. The third kappa shape index (κ3) is 7.86. The lowest BCUT2D eigenvalue weighted by molar-refractivity contribution is -0.245. The van der Waals surface area contributed by atoms with Crippen molar-refractivity contribution in [2.24, 2.45) is 0 Å². The number of aliphatic hydroxyl groups is 1. The van der Waals surface area contributed by atoms with Gasteiger partial charge in [0.05, 0.1) is 24.5 Å². The molecular formula is C33H32N6O5S. The topological polar surface area (TPSA) is 144 Å². The Labute approximate surface area is 264 Å². The molecular weight excluding hydrogens is 592 g/mol. The fourth-order valence-electron chi connectivity index (χ4n) is 4.93. The van der Waals surface area contributed by atoms with Crippen LogP contribution in [0.25, 0.3) is 5.69 Å². The van der Waals surface area contributed by atoms with Crippen LogP contribution in [-0.4, -0.2) is 48.3 Å². The first-order valence-corrected chi connectivity index (χ1v) is 15.4. The summed E-state index contributed by atoms with van der Waals surface area (Å²) < 4.78 is 14.6. The van der Waals surface area contributed by atoms with Crippen LogP contribution in [0.3, 0.4) is 0 Å². The molecule has 0 unspecified atom stereocenters. The van der Waals surface area contributed by atoms with E-state index in [0.29, 0.717) is 29.6 Å². The van der Waals surface area contributed by atoms with Gasteiger partial charge in [0, 0.05) is 30.0 Å². The maximum absolute atomic E-state index is 12.6. The van der Waals surface area contributed by atoms with Gasteiger partial charge >= 0.3 is 6.03 Å². The van der Waals surface area contributed by atoms with E-state index in [-0.39, 0.29) is 30.6 Å². The number of aromatic nitrogens is 4. The molecule has 12 heteroatoms. The first-order chi connectivity index (χ1) is 22.0. The molecule has 230 valence electrons. The predicted octanol–water partition coefficient (Wildman–Crippen LogP) is 5.52. The van der Waals surface area contributed by atoms with Crippen molar-refractivity contribution in [1.82, 2.24) is 25.5 Å². The molecule has 11 nitrogen and oxygen atoms in total. The summed E-state index contributed by atoms with van der Waals surface area (Å²) >= 11 is 1.46. The van der Waals surface area contributed by atoms with Crippen LogP contribution in [0.1, 0.15) is 41.1 Å². The lowest BCUT2D eigenvalue weighted by Gasteiger charge is -2.36. The maximum Gasteiger partial charge on any atom is 0.319 e. The summed E-state index contributed by atoms with van der Waals surface area (Å²) in [5, 5.41) is 37.7. The molecule has 4 N–H and O–H groups in total. The van der Waals surface area contributed by atoms with E-state index in [9.17, 15) is 15.0 Å². The predicted molar refractivity (Wildman–Crippen MR) is 169 cm³/mol. The summed E-state index contributed by atoms with van der Waals surface area (Å²) in [4.78, 5) is 12.6. The molecule has 1 aliphatic heterocycles. The minimum Gasteiger partial charge on any atom is -0.508 e. The fourth-order valence-corrected chi connectivity index (χ4v) is 5.84. The van der Waals surface area contributed by atoms with Crippen molar-refractivity contribution < 1.29 is 24.5 Å². The average Bonchev–Trinajstić information content (AvgIpc) is 3.56. The second-order valence-corrected chi connectivity index (χ2v) is 11.5. The smallest absolute Gasteiger partial charge is 0.319 e. The molecule has 1 saturated heterocycles. The SMILES string of the molecule is O=C(NCc1ccccc1)Nc1cccc([C@H]2O[C@@H](CSc3nnnn3-c3ccc(O)cc3)C[C@@H](c3ccc(CO)cc3)O2)c1. The molecule has 1 aromatic heterocycles. The van der Waals surface area contributed by atoms with Crippen molar-refractivity contribution >= 4 is 23.5 Å². The van der Waals surface area contributed by atoms with Crippen molar-refractivity contribution in [3.63, 3.8) is 0 Å². The summed E-state index contributed by atoms with van der Waals surface area (Å²) in [6, 6.07) is 31.2. The standard InChI is InChI=1S/C33H32N6O5S/c40-20-23-9-11-24(12-10-23)30-18-29(21-45-33-36-37-38-39(33)27-13-15-28(41)16-14-27)43-31(44-30)25-7-4-8-26(17-25)35-32(42)34-19-22-5-2-1-3-6-22/h1-17,29-31,40-41H,18-21H2,(H2,34,35,42)/t29-,30+,31+/m1/s1. The lowest BCUT2D eigenvalue weighted by atomic mass is 10.0. The van der Waals surface area contributed by atoms with Gasteiger partial charge in [-0.25, -0.2) is 4.79 Å². The molecule has 4 aromatic carbocycles. The lowest BCUT2D eigenvalue weighted by Crippen LogP contribution is -2.31. The van der Waals surface area contributed by atoms with Crippen LogP contribution < -0.4 is 10.6 Å². The molecule has 1 aliphatic rings. The number of hydrogen-bond donors (Lipinski definition) is 4. The highest BCUT2D eigenvalue weighted by Gasteiger charge is 2.33. The molecule has 0 aliphatic carbocycles. The zero-order chi connectivity index (χ0) is 31.0. The van der Waals surface area contributed by atoms with E-state index in [1.165, 1.54) is 11.8 Å². The number of carbonyl (C=O) groups excluding carboxylic acids is 1. The number of anilines is 1. The summed E-state index contributed by atoms with van der Waals surface area (Å²) in [5.74, 6) is 0.705. The molecule has 3 atom stereocenters. The van der Waals surface area contributed by atoms with Crippen molar-refractivity contribution in [3.8, 4) is 11.4 Å². The van der Waals surface area contributed by atoms with Crippen LogP contribution in [0.2, 0.25) is 0 Å². The number of nitrogens with zero attached hydrogens (tertiary/aromatic N) is 4. The zero-order valence-corrected chi connectivity index (χ0v) is 25.0. The van der Waals surface area contributed by atoms with Gasteiger partial charge < -0.3 is 30.3 Å². The number of thioether (sulfide) groups is 1. The number of carbonyl (C=O) groups is 1. The Morgan fingerprint density at radius 1 is 0.911 bits per heavy atom. The number of ether oxygens (including phenoxy) is 2. The summed E-state index contributed by atoms with van der Waals surface area (Å²) in [6.07, 6.45) is -0.621. The number of hydrogen-bond acceptors (Lipinski definition) is 9. The number of rotatable bonds is 10. The zero-order valence-electron chi connectivity index (χ0n) is 24.2. The normalized spacial score (nSPS) is 17.9. The van der Waals surface area contributed by atoms with E-state index in [0.717, 1.165) is 27.9 Å². The van der Waals surface area contributed by atoms with Crippen LogP contribution in [0, 0.1) is 0 Å². The Bertz CT molecular complexity index is 1700. The highest BCUT2D eigenvalue weighted by molar-refractivity contribution is 7.99. The fraction of sp³-hybridized carbons (Fsp3) is 0.212. The van der Waals surface area contributed by atoms with Crippen LogP contribution in [0.15, 0.2) is 108 Å². The van der Waals surface area contributed by atoms with Gasteiger partial charge in [-0.15, -0.1) is 5.10 Å². The number of benzene rings is 4. The van der Waals surface area contributed by atoms with Crippen LogP contribution >= 0.6 is 11.8 Å².